The number of ether oxygens (including phenoxy) is 3. The van der Waals surface area contributed by atoms with Gasteiger partial charge < -0.3 is 19.5 Å². The van der Waals surface area contributed by atoms with Gasteiger partial charge in [0.15, 0.2) is 18.1 Å². The van der Waals surface area contributed by atoms with Gasteiger partial charge in [0.1, 0.15) is 5.75 Å². The minimum atomic E-state index is -0.259. The van der Waals surface area contributed by atoms with Crippen LogP contribution in [0.5, 0.6) is 17.2 Å². The first kappa shape index (κ1) is 17.7. The molecule has 0 saturated carbocycles. The predicted molar refractivity (Wildman–Crippen MR) is 94.1 cm³/mol. The molecule has 0 bridgehead atoms. The molecule has 0 aliphatic heterocycles. The molecule has 0 spiro atoms. The quantitative estimate of drug-likeness (QED) is 0.800. The van der Waals surface area contributed by atoms with Crippen molar-refractivity contribution in [2.75, 3.05) is 25.6 Å². The molecule has 24 heavy (non-hydrogen) atoms. The molecule has 0 saturated heterocycles. The van der Waals surface area contributed by atoms with Gasteiger partial charge in [0.25, 0.3) is 5.91 Å². The van der Waals surface area contributed by atoms with Crippen LogP contribution in [0.2, 0.25) is 0 Å². The molecule has 0 fully saturated rings. The summed E-state index contributed by atoms with van der Waals surface area (Å²) >= 11 is 0. The molecular weight excluding hydrogens is 306 g/mol. The van der Waals surface area contributed by atoms with Gasteiger partial charge >= 0.3 is 0 Å². The molecule has 0 aromatic heterocycles. The van der Waals surface area contributed by atoms with Crippen molar-refractivity contribution in [3.8, 4) is 17.2 Å². The van der Waals surface area contributed by atoms with E-state index in [0.717, 1.165) is 12.0 Å². The fourth-order valence-corrected chi connectivity index (χ4v) is 2.13. The molecule has 2 aromatic carbocycles. The first-order chi connectivity index (χ1) is 11.6. The summed E-state index contributed by atoms with van der Waals surface area (Å²) in [5, 5.41) is 2.81. The lowest BCUT2D eigenvalue weighted by Gasteiger charge is -2.13. The molecule has 2 rings (SSSR count). The second-order valence-electron chi connectivity index (χ2n) is 5.34. The van der Waals surface area contributed by atoms with Crippen LogP contribution < -0.4 is 19.5 Å². The lowest BCUT2D eigenvalue weighted by Crippen LogP contribution is -2.20. The van der Waals surface area contributed by atoms with Crippen LogP contribution in [0.15, 0.2) is 42.5 Å². The number of carbonyl (C=O) groups is 1. The Bertz CT molecular complexity index is 685. The van der Waals surface area contributed by atoms with Crippen LogP contribution in [-0.4, -0.2) is 26.2 Å². The zero-order valence-electron chi connectivity index (χ0n) is 14.3. The molecule has 0 radical (unpaired) electrons. The molecule has 0 atom stereocenters. The van der Waals surface area contributed by atoms with Gasteiger partial charge in [-0.05, 0) is 43.2 Å². The molecule has 128 valence electrons. The van der Waals surface area contributed by atoms with E-state index in [1.165, 1.54) is 0 Å². The van der Waals surface area contributed by atoms with Crippen molar-refractivity contribution in [3.05, 3.63) is 48.0 Å². The molecule has 2 aromatic rings. The van der Waals surface area contributed by atoms with Crippen molar-refractivity contribution < 1.29 is 19.0 Å². The standard InChI is InChI=1S/C19H23NO4/c1-4-11-23-16-8-6-5-7-15(16)20-19(21)13-24-17-10-9-14(2)12-18(17)22-3/h5-10,12H,4,11,13H2,1-3H3,(H,20,21). The molecule has 1 amide bonds. The highest BCUT2D eigenvalue weighted by Gasteiger charge is 2.10. The third-order valence-corrected chi connectivity index (χ3v) is 3.30. The van der Waals surface area contributed by atoms with Crippen LogP contribution in [0.25, 0.3) is 0 Å². The van der Waals surface area contributed by atoms with E-state index < -0.39 is 0 Å². The van der Waals surface area contributed by atoms with Crippen molar-refractivity contribution in [1.82, 2.24) is 0 Å². The first-order valence-corrected chi connectivity index (χ1v) is 7.93. The van der Waals surface area contributed by atoms with Crippen LogP contribution >= 0.6 is 0 Å². The average Bonchev–Trinajstić information content (AvgIpc) is 2.59. The van der Waals surface area contributed by atoms with E-state index in [-0.39, 0.29) is 12.5 Å². The van der Waals surface area contributed by atoms with Gasteiger partial charge in [-0.1, -0.05) is 25.1 Å². The molecule has 0 aliphatic rings. The molecule has 5 heteroatoms. The predicted octanol–water partition coefficient (Wildman–Crippen LogP) is 3.81. The van der Waals surface area contributed by atoms with E-state index in [9.17, 15) is 4.79 Å². The summed E-state index contributed by atoms with van der Waals surface area (Å²) in [6.07, 6.45) is 0.901. The van der Waals surface area contributed by atoms with Crippen LogP contribution in [-0.2, 0) is 4.79 Å². The summed E-state index contributed by atoms with van der Waals surface area (Å²) in [6.45, 7) is 4.49. The third kappa shape index (κ3) is 4.91. The van der Waals surface area contributed by atoms with Gasteiger partial charge in [0.2, 0.25) is 0 Å². The highest BCUT2D eigenvalue weighted by atomic mass is 16.5. The number of aryl methyl sites for hydroxylation is 1. The topological polar surface area (TPSA) is 56.8 Å². The number of nitrogens with one attached hydrogen (secondary N) is 1. The van der Waals surface area contributed by atoms with E-state index in [4.69, 9.17) is 14.2 Å². The summed E-state index contributed by atoms with van der Waals surface area (Å²) in [6, 6.07) is 12.9. The van der Waals surface area contributed by atoms with Crippen molar-refractivity contribution in [2.24, 2.45) is 0 Å². The second-order valence-corrected chi connectivity index (χ2v) is 5.34. The minimum absolute atomic E-state index is 0.110. The molecular formula is C19H23NO4. The van der Waals surface area contributed by atoms with E-state index in [2.05, 4.69) is 5.32 Å². The fraction of sp³-hybridized carbons (Fsp3) is 0.316. The van der Waals surface area contributed by atoms with Crippen molar-refractivity contribution in [2.45, 2.75) is 20.3 Å². The number of hydrogen-bond donors (Lipinski definition) is 1. The Morgan fingerprint density at radius 3 is 2.58 bits per heavy atom. The Balaban J connectivity index is 1.97. The molecule has 0 heterocycles. The number of para-hydroxylation sites is 2. The Kier molecular flexibility index (Phi) is 6.49. The SMILES string of the molecule is CCCOc1ccccc1NC(=O)COc1ccc(C)cc1OC. The average molecular weight is 329 g/mol. The molecule has 0 unspecified atom stereocenters. The molecule has 1 N–H and O–H groups in total. The zero-order valence-corrected chi connectivity index (χ0v) is 14.3. The monoisotopic (exact) mass is 329 g/mol. The highest BCUT2D eigenvalue weighted by molar-refractivity contribution is 5.93. The lowest BCUT2D eigenvalue weighted by atomic mass is 10.2. The number of carbonyl (C=O) groups excluding carboxylic acids is 1. The van der Waals surface area contributed by atoms with Gasteiger partial charge in [-0.25, -0.2) is 0 Å². The van der Waals surface area contributed by atoms with Crippen molar-refractivity contribution >= 4 is 11.6 Å². The number of benzene rings is 2. The largest absolute Gasteiger partial charge is 0.493 e. The van der Waals surface area contributed by atoms with E-state index in [1.54, 1.807) is 19.2 Å². The van der Waals surface area contributed by atoms with Crippen LogP contribution in [0, 0.1) is 6.92 Å². The maximum Gasteiger partial charge on any atom is 0.262 e. The van der Waals surface area contributed by atoms with Gasteiger partial charge in [0.05, 0.1) is 19.4 Å². The van der Waals surface area contributed by atoms with Crippen LogP contribution in [0.1, 0.15) is 18.9 Å². The summed E-state index contributed by atoms with van der Waals surface area (Å²) in [5.74, 6) is 1.54. The lowest BCUT2D eigenvalue weighted by molar-refractivity contribution is -0.118. The summed E-state index contributed by atoms with van der Waals surface area (Å²) < 4.78 is 16.4. The second kappa shape index (κ2) is 8.82. The summed E-state index contributed by atoms with van der Waals surface area (Å²) in [7, 11) is 1.57. The Labute approximate surface area is 142 Å². The van der Waals surface area contributed by atoms with Crippen molar-refractivity contribution in [3.63, 3.8) is 0 Å². The Hall–Kier alpha value is -2.69. The Morgan fingerprint density at radius 1 is 1.04 bits per heavy atom. The van der Waals surface area contributed by atoms with Crippen LogP contribution in [0.4, 0.5) is 5.69 Å². The first-order valence-electron chi connectivity index (χ1n) is 7.93. The smallest absolute Gasteiger partial charge is 0.262 e. The number of hydrogen-bond acceptors (Lipinski definition) is 4. The van der Waals surface area contributed by atoms with Gasteiger partial charge in [0, 0.05) is 0 Å². The maximum atomic E-state index is 12.1. The number of anilines is 1. The van der Waals surface area contributed by atoms with E-state index >= 15 is 0 Å². The Morgan fingerprint density at radius 2 is 1.83 bits per heavy atom. The van der Waals surface area contributed by atoms with E-state index in [0.29, 0.717) is 29.5 Å². The minimum Gasteiger partial charge on any atom is -0.493 e. The maximum absolute atomic E-state index is 12.1. The number of methoxy groups -OCH3 is 1. The van der Waals surface area contributed by atoms with Gasteiger partial charge in [-0.3, -0.25) is 4.79 Å². The third-order valence-electron chi connectivity index (χ3n) is 3.30. The number of amides is 1. The summed E-state index contributed by atoms with van der Waals surface area (Å²) in [4.78, 5) is 12.1. The summed E-state index contributed by atoms with van der Waals surface area (Å²) in [5.41, 5.74) is 1.70. The highest BCUT2D eigenvalue weighted by Crippen LogP contribution is 2.28. The normalized spacial score (nSPS) is 10.1. The van der Waals surface area contributed by atoms with Crippen molar-refractivity contribution in [1.29, 1.82) is 0 Å². The zero-order chi connectivity index (χ0) is 17.4. The van der Waals surface area contributed by atoms with Gasteiger partial charge in [-0.15, -0.1) is 0 Å². The molecule has 5 nitrogen and oxygen atoms in total. The molecule has 0 aliphatic carbocycles. The fourth-order valence-electron chi connectivity index (χ4n) is 2.13. The van der Waals surface area contributed by atoms with E-state index in [1.807, 2.05) is 44.2 Å². The van der Waals surface area contributed by atoms with Crippen LogP contribution in [0.3, 0.4) is 0 Å². The van der Waals surface area contributed by atoms with Gasteiger partial charge in [-0.2, -0.15) is 0 Å². The number of rotatable bonds is 8.